The highest BCUT2D eigenvalue weighted by molar-refractivity contribution is 5.31. The van der Waals surface area contributed by atoms with Crippen LogP contribution < -0.4 is 5.32 Å². The molecule has 1 aromatic carbocycles. The van der Waals surface area contributed by atoms with Crippen LogP contribution in [0.3, 0.4) is 0 Å². The molecule has 0 aliphatic carbocycles. The summed E-state index contributed by atoms with van der Waals surface area (Å²) in [5.41, 5.74) is 1.71. The monoisotopic (exact) mass is 300 g/mol. The van der Waals surface area contributed by atoms with Crippen LogP contribution in [0, 0.1) is 5.82 Å². The number of aromatic nitrogens is 5. The Morgan fingerprint density at radius 3 is 2.95 bits per heavy atom. The Balaban J connectivity index is 1.66. The summed E-state index contributed by atoms with van der Waals surface area (Å²) in [6, 6.07) is 6.42. The van der Waals surface area contributed by atoms with Gasteiger partial charge in [-0.2, -0.15) is 5.10 Å². The van der Waals surface area contributed by atoms with Crippen molar-refractivity contribution in [1.82, 2.24) is 29.9 Å². The van der Waals surface area contributed by atoms with Gasteiger partial charge in [0.25, 0.3) is 0 Å². The van der Waals surface area contributed by atoms with Gasteiger partial charge in [0, 0.05) is 25.4 Å². The molecule has 1 N–H and O–H groups in total. The summed E-state index contributed by atoms with van der Waals surface area (Å²) in [7, 11) is 1.91. The molecule has 0 bridgehead atoms. The zero-order valence-corrected chi connectivity index (χ0v) is 12.4. The highest BCUT2D eigenvalue weighted by Crippen LogP contribution is 2.12. The third kappa shape index (κ3) is 3.04. The van der Waals surface area contributed by atoms with Gasteiger partial charge in [-0.15, -0.1) is 10.2 Å². The van der Waals surface area contributed by atoms with Crippen molar-refractivity contribution in [3.8, 4) is 5.69 Å². The molecule has 3 aromatic rings. The van der Waals surface area contributed by atoms with Crippen molar-refractivity contribution >= 4 is 0 Å². The van der Waals surface area contributed by atoms with E-state index in [9.17, 15) is 4.39 Å². The summed E-state index contributed by atoms with van der Waals surface area (Å²) in [4.78, 5) is 0. The van der Waals surface area contributed by atoms with E-state index >= 15 is 0 Å². The van der Waals surface area contributed by atoms with E-state index in [-0.39, 0.29) is 11.9 Å². The van der Waals surface area contributed by atoms with E-state index in [2.05, 4.69) is 20.6 Å². The quantitative estimate of drug-likeness (QED) is 0.783. The lowest BCUT2D eigenvalue weighted by Crippen LogP contribution is -2.20. The molecular weight excluding hydrogens is 283 g/mol. The van der Waals surface area contributed by atoms with Crippen LogP contribution in [-0.4, -0.2) is 24.5 Å². The maximum absolute atomic E-state index is 13.2. The van der Waals surface area contributed by atoms with Crippen LogP contribution >= 0.6 is 0 Å². The molecule has 2 heterocycles. The molecule has 1 unspecified atom stereocenters. The average Bonchev–Trinajstić information content (AvgIpc) is 3.14. The first-order valence-corrected chi connectivity index (χ1v) is 7.00. The molecule has 0 saturated carbocycles. The van der Waals surface area contributed by atoms with Crippen LogP contribution in [0.1, 0.15) is 24.4 Å². The highest BCUT2D eigenvalue weighted by atomic mass is 19.1. The summed E-state index contributed by atoms with van der Waals surface area (Å²) < 4.78 is 16.8. The molecule has 0 saturated heterocycles. The Labute approximate surface area is 127 Å². The van der Waals surface area contributed by atoms with E-state index in [1.54, 1.807) is 23.3 Å². The van der Waals surface area contributed by atoms with Crippen LogP contribution in [-0.2, 0) is 13.6 Å². The van der Waals surface area contributed by atoms with E-state index in [4.69, 9.17) is 0 Å². The molecule has 0 fully saturated rings. The number of nitrogens with one attached hydrogen (secondary N) is 1. The maximum atomic E-state index is 13.2. The standard InChI is InChI=1S/C15H17FN6/c1-11(15-20-18-10-21(15)2)17-7-12-8-19-22(9-12)14-5-3-4-13(16)6-14/h3-6,8-11,17H,7H2,1-2H3. The summed E-state index contributed by atoms with van der Waals surface area (Å²) in [6.45, 7) is 2.67. The number of aryl methyl sites for hydroxylation is 1. The Morgan fingerprint density at radius 2 is 2.23 bits per heavy atom. The number of benzene rings is 1. The van der Waals surface area contributed by atoms with Crippen molar-refractivity contribution in [3.05, 3.63) is 60.2 Å². The van der Waals surface area contributed by atoms with Crippen LogP contribution in [0.25, 0.3) is 5.69 Å². The van der Waals surface area contributed by atoms with Gasteiger partial charge in [-0.1, -0.05) is 6.07 Å². The van der Waals surface area contributed by atoms with Crippen LogP contribution in [0.4, 0.5) is 4.39 Å². The van der Waals surface area contributed by atoms with Gasteiger partial charge >= 0.3 is 0 Å². The highest BCUT2D eigenvalue weighted by Gasteiger charge is 2.11. The zero-order valence-electron chi connectivity index (χ0n) is 12.4. The summed E-state index contributed by atoms with van der Waals surface area (Å²) in [5.74, 6) is 0.598. The summed E-state index contributed by atoms with van der Waals surface area (Å²) in [5, 5.41) is 15.6. The van der Waals surface area contributed by atoms with Crippen molar-refractivity contribution in [2.24, 2.45) is 7.05 Å². The Bertz CT molecular complexity index is 763. The van der Waals surface area contributed by atoms with Crippen molar-refractivity contribution < 1.29 is 4.39 Å². The Kier molecular flexibility index (Phi) is 3.97. The molecule has 0 amide bonds. The molecule has 0 aliphatic rings. The average molecular weight is 300 g/mol. The third-order valence-electron chi connectivity index (χ3n) is 3.45. The number of hydrogen-bond acceptors (Lipinski definition) is 4. The normalized spacial score (nSPS) is 12.5. The van der Waals surface area contributed by atoms with E-state index in [1.807, 2.05) is 30.8 Å². The number of hydrogen-bond donors (Lipinski definition) is 1. The minimum absolute atomic E-state index is 0.0741. The van der Waals surface area contributed by atoms with E-state index < -0.39 is 0 Å². The zero-order chi connectivity index (χ0) is 15.5. The van der Waals surface area contributed by atoms with Crippen molar-refractivity contribution in [2.75, 3.05) is 0 Å². The Hall–Kier alpha value is -2.54. The van der Waals surface area contributed by atoms with Gasteiger partial charge in [-0.25, -0.2) is 9.07 Å². The van der Waals surface area contributed by atoms with E-state index in [0.717, 1.165) is 11.4 Å². The summed E-state index contributed by atoms with van der Waals surface area (Å²) in [6.07, 6.45) is 5.32. The molecule has 114 valence electrons. The molecule has 2 aromatic heterocycles. The van der Waals surface area contributed by atoms with Gasteiger partial charge in [-0.3, -0.25) is 0 Å². The minimum Gasteiger partial charge on any atom is -0.319 e. The second-order valence-electron chi connectivity index (χ2n) is 5.18. The van der Waals surface area contributed by atoms with Gasteiger partial charge < -0.3 is 9.88 Å². The van der Waals surface area contributed by atoms with Gasteiger partial charge in [0.2, 0.25) is 0 Å². The number of halogens is 1. The SMILES string of the molecule is CC(NCc1cnn(-c2cccc(F)c2)c1)c1nncn1C. The predicted molar refractivity (Wildman–Crippen MR) is 79.8 cm³/mol. The van der Waals surface area contributed by atoms with Gasteiger partial charge in [0.05, 0.1) is 17.9 Å². The smallest absolute Gasteiger partial charge is 0.149 e. The second kappa shape index (κ2) is 6.07. The largest absolute Gasteiger partial charge is 0.319 e. The van der Waals surface area contributed by atoms with E-state index in [1.165, 1.54) is 12.1 Å². The minimum atomic E-state index is -0.274. The fourth-order valence-corrected chi connectivity index (χ4v) is 2.26. The molecule has 0 spiro atoms. The first kappa shape index (κ1) is 14.4. The number of rotatable bonds is 5. The predicted octanol–water partition coefficient (Wildman–Crippen LogP) is 1.99. The molecule has 3 rings (SSSR count). The molecule has 0 aliphatic heterocycles. The lowest BCUT2D eigenvalue weighted by Gasteiger charge is -2.11. The lowest BCUT2D eigenvalue weighted by molar-refractivity contribution is 0.528. The fraction of sp³-hybridized carbons (Fsp3) is 0.267. The summed E-state index contributed by atoms with van der Waals surface area (Å²) >= 11 is 0. The van der Waals surface area contributed by atoms with E-state index in [0.29, 0.717) is 12.2 Å². The Morgan fingerprint density at radius 1 is 1.36 bits per heavy atom. The van der Waals surface area contributed by atoms with Crippen LogP contribution in [0.5, 0.6) is 0 Å². The third-order valence-corrected chi connectivity index (χ3v) is 3.45. The molecule has 22 heavy (non-hydrogen) atoms. The molecule has 6 nitrogen and oxygen atoms in total. The van der Waals surface area contributed by atoms with Crippen LogP contribution in [0.2, 0.25) is 0 Å². The molecule has 7 heteroatoms. The molecule has 1 atom stereocenters. The maximum Gasteiger partial charge on any atom is 0.149 e. The van der Waals surface area contributed by atoms with Gasteiger partial charge in [0.15, 0.2) is 0 Å². The van der Waals surface area contributed by atoms with Gasteiger partial charge in [-0.05, 0) is 25.1 Å². The molecule has 0 radical (unpaired) electrons. The van der Waals surface area contributed by atoms with Crippen LogP contribution in [0.15, 0.2) is 43.0 Å². The van der Waals surface area contributed by atoms with Crippen molar-refractivity contribution in [1.29, 1.82) is 0 Å². The number of nitrogens with zero attached hydrogens (tertiary/aromatic N) is 5. The van der Waals surface area contributed by atoms with Crippen molar-refractivity contribution in [2.45, 2.75) is 19.5 Å². The first-order valence-electron chi connectivity index (χ1n) is 7.00. The van der Waals surface area contributed by atoms with Gasteiger partial charge in [0.1, 0.15) is 18.0 Å². The second-order valence-corrected chi connectivity index (χ2v) is 5.18. The fourth-order valence-electron chi connectivity index (χ4n) is 2.26. The topological polar surface area (TPSA) is 60.6 Å². The molecular formula is C15H17FN6. The lowest BCUT2D eigenvalue weighted by atomic mass is 10.2. The van der Waals surface area contributed by atoms with Crippen molar-refractivity contribution in [3.63, 3.8) is 0 Å². The first-order chi connectivity index (χ1) is 10.6.